The summed E-state index contributed by atoms with van der Waals surface area (Å²) in [7, 11) is 0. The molecule has 402 valence electrons. The van der Waals surface area contributed by atoms with Gasteiger partial charge in [-0.25, -0.2) is 4.98 Å². The highest BCUT2D eigenvalue weighted by Gasteiger charge is 2.40. The van der Waals surface area contributed by atoms with Crippen molar-refractivity contribution in [1.29, 1.82) is 0 Å². The lowest BCUT2D eigenvalue weighted by Crippen LogP contribution is -2.60. The van der Waals surface area contributed by atoms with E-state index in [0.717, 1.165) is 17.8 Å². The second-order valence-corrected chi connectivity index (χ2v) is 18.0. The molecule has 3 heterocycles. The van der Waals surface area contributed by atoms with Crippen LogP contribution in [0.3, 0.4) is 0 Å². The predicted octanol–water partition coefficient (Wildman–Crippen LogP) is -4.21. The van der Waals surface area contributed by atoms with Gasteiger partial charge in [-0.2, -0.15) is 0 Å². The average molecular weight is 1040 g/mol. The van der Waals surface area contributed by atoms with Gasteiger partial charge in [0.25, 0.3) is 0 Å². The van der Waals surface area contributed by atoms with Crippen molar-refractivity contribution in [2.75, 3.05) is 13.1 Å². The number of amides is 10. The van der Waals surface area contributed by atoms with Gasteiger partial charge in [0.05, 0.1) is 31.0 Å². The minimum Gasteiger partial charge on any atom is -0.481 e. The van der Waals surface area contributed by atoms with Crippen LogP contribution in [0.15, 0.2) is 43.0 Å². The van der Waals surface area contributed by atoms with Crippen LogP contribution in [0.25, 0.3) is 10.9 Å². The number of para-hydroxylation sites is 1. The monoisotopic (exact) mass is 1040 g/mol. The summed E-state index contributed by atoms with van der Waals surface area (Å²) < 4.78 is 0. The molecule has 0 spiro atoms. The van der Waals surface area contributed by atoms with E-state index in [-0.39, 0.29) is 25.8 Å². The number of rotatable bonds is 29. The zero-order chi connectivity index (χ0) is 54.8. The molecule has 10 amide bonds. The van der Waals surface area contributed by atoms with Gasteiger partial charge in [-0.15, -0.1) is 0 Å². The molecule has 1 aromatic carbocycles. The number of benzene rings is 1. The molecule has 1 aliphatic rings. The highest BCUT2D eigenvalue weighted by molar-refractivity contribution is 5.99. The molecule has 1 fully saturated rings. The minimum absolute atomic E-state index is 0.0135. The van der Waals surface area contributed by atoms with E-state index in [9.17, 15) is 67.7 Å². The van der Waals surface area contributed by atoms with Crippen molar-refractivity contribution in [3.63, 3.8) is 0 Å². The number of imidazole rings is 1. The predicted molar refractivity (Wildman–Crippen MR) is 259 cm³/mol. The van der Waals surface area contributed by atoms with Crippen molar-refractivity contribution in [3.05, 3.63) is 54.2 Å². The number of hydrogen-bond acceptors (Lipinski definition) is 14. The van der Waals surface area contributed by atoms with Gasteiger partial charge in [0.15, 0.2) is 0 Å². The number of carbonyl (C=O) groups is 12. The lowest BCUT2D eigenvalue weighted by atomic mass is 10.0. The van der Waals surface area contributed by atoms with Crippen LogP contribution in [0.4, 0.5) is 0 Å². The van der Waals surface area contributed by atoms with Gasteiger partial charge in [-0.1, -0.05) is 32.0 Å². The highest BCUT2D eigenvalue weighted by Crippen LogP contribution is 2.23. The number of nitrogens with zero attached hydrogens (tertiary/aromatic N) is 2. The number of likely N-dealkylation sites (tertiary alicyclic amines) is 1. The Kier molecular flexibility index (Phi) is 21.5. The SMILES string of the molecule is CC(C)[C@H](NC(=O)[C@H](CCC(=O)O)NC(=O)[C@H](CC(N)=O)NC(=O)[C@H](C)NC(=O)[C@H](CCC(=O)O)NC(=O)[C@@H]1CCCN1C(=O)[C@H](Cc1c[nH]c2ccccc12)NC(=O)[C@@H](N)Cc1c[nH]cn1)C(=O)NCC(N)=O. The number of carbonyl (C=O) groups excluding carboxylic acids is 10. The number of nitrogens with one attached hydrogen (secondary N) is 9. The molecule has 28 heteroatoms. The van der Waals surface area contributed by atoms with Crippen molar-refractivity contribution in [1.82, 2.24) is 57.1 Å². The standard InChI is InChI=1S/C46H64N14O14/c1-22(2)38(45(73)52-20-35(49)62)59-42(70)30(11-13-37(65)66)55-43(71)31(17-34(48)61)57-39(67)23(3)54-41(69)29(10-12-36(63)64)56-44(72)33-9-6-14-60(33)46(74)32(15-24-18-51-28-8-5-4-7-26(24)28)58-40(68)27(47)16-25-19-50-21-53-25/h4-5,7-8,18-19,21-23,27,29-33,38,51H,6,9-17,20,47H2,1-3H3,(H2,48,61)(H2,49,62)(H,50,53)(H,52,73)(H,54,69)(H,55,71)(H,56,72)(H,57,67)(H,58,68)(H,59,70)(H,63,64)(H,65,66)/t23-,27-,29-,30-,31-,32-,33-,38-/m0/s1. The van der Waals surface area contributed by atoms with Crippen molar-refractivity contribution < 1.29 is 67.7 Å². The maximum absolute atomic E-state index is 14.5. The number of carboxylic acid groups (broad SMARTS) is 2. The second kappa shape index (κ2) is 27.4. The van der Waals surface area contributed by atoms with Crippen LogP contribution in [-0.2, 0) is 70.4 Å². The first-order valence-corrected chi connectivity index (χ1v) is 23.6. The topological polar surface area (TPSA) is 455 Å². The van der Waals surface area contributed by atoms with Crippen LogP contribution >= 0.6 is 0 Å². The van der Waals surface area contributed by atoms with Crippen LogP contribution in [0, 0.1) is 5.92 Å². The molecule has 0 bridgehead atoms. The van der Waals surface area contributed by atoms with E-state index >= 15 is 0 Å². The molecule has 2 aromatic heterocycles. The molecule has 1 saturated heterocycles. The molecule has 0 saturated carbocycles. The zero-order valence-electron chi connectivity index (χ0n) is 40.9. The van der Waals surface area contributed by atoms with Gasteiger partial charge < -0.3 is 79.5 Å². The third kappa shape index (κ3) is 17.4. The number of primary amides is 2. The summed E-state index contributed by atoms with van der Waals surface area (Å²) in [6, 6.07) is -4.22. The number of nitrogens with two attached hydrogens (primary N) is 3. The van der Waals surface area contributed by atoms with Crippen molar-refractivity contribution >= 4 is 81.9 Å². The van der Waals surface area contributed by atoms with Crippen molar-refractivity contribution in [3.8, 4) is 0 Å². The summed E-state index contributed by atoms with van der Waals surface area (Å²) in [5, 5.41) is 36.3. The van der Waals surface area contributed by atoms with Gasteiger partial charge >= 0.3 is 11.9 Å². The van der Waals surface area contributed by atoms with E-state index < -0.39 is 164 Å². The van der Waals surface area contributed by atoms with Crippen LogP contribution in [-0.4, -0.2) is 162 Å². The van der Waals surface area contributed by atoms with E-state index in [2.05, 4.69) is 52.2 Å². The third-order valence-electron chi connectivity index (χ3n) is 11.9. The number of carboxylic acids is 2. The molecule has 17 N–H and O–H groups in total. The minimum atomic E-state index is -1.83. The summed E-state index contributed by atoms with van der Waals surface area (Å²) in [6.45, 7) is 3.75. The molecule has 0 unspecified atom stereocenters. The Morgan fingerprint density at radius 3 is 1.93 bits per heavy atom. The Morgan fingerprint density at radius 2 is 1.32 bits per heavy atom. The first kappa shape index (κ1) is 58.1. The summed E-state index contributed by atoms with van der Waals surface area (Å²) in [5.41, 5.74) is 18.6. The third-order valence-corrected chi connectivity index (χ3v) is 11.9. The number of aliphatic carboxylic acids is 2. The van der Waals surface area contributed by atoms with E-state index in [1.807, 2.05) is 18.2 Å². The molecule has 8 atom stereocenters. The smallest absolute Gasteiger partial charge is 0.303 e. The molecule has 1 aliphatic heterocycles. The van der Waals surface area contributed by atoms with E-state index in [0.29, 0.717) is 17.7 Å². The van der Waals surface area contributed by atoms with Crippen LogP contribution in [0.1, 0.15) is 77.0 Å². The summed E-state index contributed by atoms with van der Waals surface area (Å²) >= 11 is 0. The van der Waals surface area contributed by atoms with Crippen LogP contribution in [0.2, 0.25) is 0 Å². The largest absolute Gasteiger partial charge is 0.481 e. The summed E-state index contributed by atoms with van der Waals surface area (Å²) in [6.07, 6.45) is 1.96. The van der Waals surface area contributed by atoms with Gasteiger partial charge in [-0.3, -0.25) is 57.5 Å². The first-order chi connectivity index (χ1) is 34.9. The number of aromatic nitrogens is 3. The number of aromatic amines is 2. The molecule has 28 nitrogen and oxygen atoms in total. The first-order valence-electron chi connectivity index (χ1n) is 23.6. The second-order valence-electron chi connectivity index (χ2n) is 18.0. The quantitative estimate of drug-likeness (QED) is 0.0313. The Bertz CT molecular complexity index is 2550. The fraction of sp³-hybridized carbons (Fsp3) is 0.500. The lowest BCUT2D eigenvalue weighted by Gasteiger charge is -2.30. The van der Waals surface area contributed by atoms with Crippen LogP contribution < -0.4 is 54.4 Å². The van der Waals surface area contributed by atoms with Gasteiger partial charge in [0, 0.05) is 55.5 Å². The molecular formula is C46H64N14O14. The molecule has 4 rings (SSSR count). The molecule has 3 aromatic rings. The fourth-order valence-corrected chi connectivity index (χ4v) is 8.00. The number of hydrogen-bond donors (Lipinski definition) is 14. The maximum Gasteiger partial charge on any atom is 0.303 e. The molecule has 0 aliphatic carbocycles. The Balaban J connectivity index is 1.48. The Labute approximate surface area is 423 Å². The number of H-pyrrole nitrogens is 2. The molecular weight excluding hydrogens is 973 g/mol. The highest BCUT2D eigenvalue weighted by atomic mass is 16.4. The summed E-state index contributed by atoms with van der Waals surface area (Å²) in [4.78, 5) is 167. The maximum atomic E-state index is 14.5. The van der Waals surface area contributed by atoms with Gasteiger partial charge in [0.1, 0.15) is 42.3 Å². The van der Waals surface area contributed by atoms with E-state index in [1.165, 1.54) is 11.2 Å². The fourth-order valence-electron chi connectivity index (χ4n) is 8.00. The van der Waals surface area contributed by atoms with E-state index in [4.69, 9.17) is 17.2 Å². The van der Waals surface area contributed by atoms with Gasteiger partial charge in [-0.05, 0) is 50.2 Å². The Morgan fingerprint density at radius 1 is 0.716 bits per heavy atom. The Hall–Kier alpha value is -8.43. The van der Waals surface area contributed by atoms with Gasteiger partial charge in [0.2, 0.25) is 59.1 Å². The molecule has 74 heavy (non-hydrogen) atoms. The molecule has 0 radical (unpaired) electrons. The average Bonchev–Trinajstić information content (AvgIpc) is 4.14. The lowest BCUT2D eigenvalue weighted by molar-refractivity contribution is -0.142. The van der Waals surface area contributed by atoms with E-state index in [1.54, 1.807) is 32.3 Å². The van der Waals surface area contributed by atoms with Crippen LogP contribution in [0.5, 0.6) is 0 Å². The zero-order valence-corrected chi connectivity index (χ0v) is 40.9. The number of fused-ring (bicyclic) bond motifs is 1. The summed E-state index contributed by atoms with van der Waals surface area (Å²) in [5.74, 6) is -12.7. The van der Waals surface area contributed by atoms with Crippen molar-refractivity contribution in [2.45, 2.75) is 127 Å². The van der Waals surface area contributed by atoms with Crippen molar-refractivity contribution in [2.24, 2.45) is 23.1 Å². The normalized spacial score (nSPS) is 16.0.